The molecule has 0 radical (unpaired) electrons. The molecule has 17 heavy (non-hydrogen) atoms. The number of aromatic nitrogens is 3. The van der Waals surface area contributed by atoms with Crippen LogP contribution in [0.2, 0.25) is 0 Å². The average molecular weight is 230 g/mol. The normalized spacial score (nSPS) is 10.2. The Morgan fingerprint density at radius 1 is 1.47 bits per heavy atom. The quantitative estimate of drug-likeness (QED) is 0.800. The molecule has 0 aliphatic rings. The molecule has 2 aromatic heterocycles. The Morgan fingerprint density at radius 3 is 2.82 bits per heavy atom. The zero-order valence-electron chi connectivity index (χ0n) is 9.87. The maximum Gasteiger partial charge on any atom is 0.255 e. The van der Waals surface area contributed by atoms with E-state index >= 15 is 0 Å². The Balaban J connectivity index is 2.22. The van der Waals surface area contributed by atoms with Crippen molar-refractivity contribution in [2.75, 3.05) is 13.6 Å². The Morgan fingerprint density at radius 2 is 2.29 bits per heavy atom. The van der Waals surface area contributed by atoms with E-state index < -0.39 is 0 Å². The molecule has 2 aromatic rings. The molecule has 2 rings (SSSR count). The maximum absolute atomic E-state index is 11.8. The first-order valence-corrected chi connectivity index (χ1v) is 5.42. The van der Waals surface area contributed by atoms with E-state index in [0.29, 0.717) is 12.1 Å². The average Bonchev–Trinajstić information content (AvgIpc) is 2.91. The SMILES string of the molecule is CCN(C)C(=O)c1ccc(-n2ccnc2)nc1. The first-order chi connectivity index (χ1) is 8.22. The molecule has 0 atom stereocenters. The van der Waals surface area contributed by atoms with Gasteiger partial charge in [0, 0.05) is 32.2 Å². The largest absolute Gasteiger partial charge is 0.342 e. The summed E-state index contributed by atoms with van der Waals surface area (Å²) in [6, 6.07) is 3.58. The van der Waals surface area contributed by atoms with Gasteiger partial charge in [-0.3, -0.25) is 9.36 Å². The fourth-order valence-corrected chi connectivity index (χ4v) is 1.42. The van der Waals surface area contributed by atoms with Gasteiger partial charge in [0.25, 0.3) is 5.91 Å². The van der Waals surface area contributed by atoms with Gasteiger partial charge in [-0.2, -0.15) is 0 Å². The molecule has 88 valence electrons. The van der Waals surface area contributed by atoms with E-state index in [0.717, 1.165) is 5.82 Å². The van der Waals surface area contributed by atoms with E-state index in [4.69, 9.17) is 0 Å². The number of nitrogens with zero attached hydrogens (tertiary/aromatic N) is 4. The number of imidazole rings is 1. The first kappa shape index (κ1) is 11.3. The summed E-state index contributed by atoms with van der Waals surface area (Å²) in [7, 11) is 1.77. The van der Waals surface area contributed by atoms with Gasteiger partial charge in [-0.15, -0.1) is 0 Å². The van der Waals surface area contributed by atoms with Crippen LogP contribution in [0.25, 0.3) is 5.82 Å². The summed E-state index contributed by atoms with van der Waals surface area (Å²) < 4.78 is 1.79. The summed E-state index contributed by atoms with van der Waals surface area (Å²) in [5.74, 6) is 0.732. The standard InChI is InChI=1S/C12H14N4O/c1-3-15(2)12(17)10-4-5-11(14-8-10)16-7-6-13-9-16/h4-9H,3H2,1-2H3. The third-order valence-corrected chi connectivity index (χ3v) is 2.58. The van der Waals surface area contributed by atoms with Gasteiger partial charge in [-0.1, -0.05) is 0 Å². The van der Waals surface area contributed by atoms with Gasteiger partial charge in [0.05, 0.1) is 5.56 Å². The molecule has 2 heterocycles. The van der Waals surface area contributed by atoms with Gasteiger partial charge >= 0.3 is 0 Å². The maximum atomic E-state index is 11.8. The van der Waals surface area contributed by atoms with Crippen LogP contribution >= 0.6 is 0 Å². The lowest BCUT2D eigenvalue weighted by molar-refractivity contribution is 0.0802. The summed E-state index contributed by atoms with van der Waals surface area (Å²) in [6.07, 6.45) is 6.75. The van der Waals surface area contributed by atoms with Crippen LogP contribution in [-0.4, -0.2) is 38.9 Å². The van der Waals surface area contributed by atoms with Crippen LogP contribution in [0.3, 0.4) is 0 Å². The van der Waals surface area contributed by atoms with Gasteiger partial charge in [-0.05, 0) is 19.1 Å². The van der Waals surface area contributed by atoms with Gasteiger partial charge in [-0.25, -0.2) is 9.97 Å². The van der Waals surface area contributed by atoms with E-state index in [1.807, 2.05) is 13.1 Å². The van der Waals surface area contributed by atoms with Crippen LogP contribution < -0.4 is 0 Å². The minimum Gasteiger partial charge on any atom is -0.342 e. The fraction of sp³-hybridized carbons (Fsp3) is 0.250. The lowest BCUT2D eigenvalue weighted by atomic mass is 10.2. The molecule has 0 fully saturated rings. The minimum atomic E-state index is -0.0165. The summed E-state index contributed by atoms with van der Waals surface area (Å²) in [5.41, 5.74) is 0.596. The highest BCUT2D eigenvalue weighted by Crippen LogP contribution is 2.07. The summed E-state index contributed by atoms with van der Waals surface area (Å²) in [6.45, 7) is 2.62. The molecule has 0 aliphatic carbocycles. The smallest absolute Gasteiger partial charge is 0.255 e. The van der Waals surface area contributed by atoms with Crippen LogP contribution in [0.4, 0.5) is 0 Å². The van der Waals surface area contributed by atoms with Gasteiger partial charge < -0.3 is 4.90 Å². The predicted octanol–water partition coefficient (Wildman–Crippen LogP) is 1.36. The van der Waals surface area contributed by atoms with Crippen LogP contribution in [0.15, 0.2) is 37.1 Å². The molecule has 0 saturated heterocycles. The Hall–Kier alpha value is -2.17. The lowest BCUT2D eigenvalue weighted by Gasteiger charge is -2.14. The number of carbonyl (C=O) groups is 1. The third kappa shape index (κ3) is 2.33. The van der Waals surface area contributed by atoms with Gasteiger partial charge in [0.1, 0.15) is 12.1 Å². The summed E-state index contributed by atoms with van der Waals surface area (Å²) in [4.78, 5) is 21.7. The van der Waals surface area contributed by atoms with E-state index in [2.05, 4.69) is 9.97 Å². The lowest BCUT2D eigenvalue weighted by Crippen LogP contribution is -2.26. The topological polar surface area (TPSA) is 51.0 Å². The Bertz CT molecular complexity index is 490. The highest BCUT2D eigenvalue weighted by molar-refractivity contribution is 5.93. The van der Waals surface area contributed by atoms with Crippen LogP contribution in [0.1, 0.15) is 17.3 Å². The highest BCUT2D eigenvalue weighted by Gasteiger charge is 2.10. The molecule has 0 N–H and O–H groups in total. The molecule has 5 nitrogen and oxygen atoms in total. The molecule has 5 heteroatoms. The van der Waals surface area contributed by atoms with E-state index in [-0.39, 0.29) is 5.91 Å². The van der Waals surface area contributed by atoms with E-state index in [9.17, 15) is 4.79 Å². The second-order valence-electron chi connectivity index (χ2n) is 3.69. The predicted molar refractivity (Wildman–Crippen MR) is 64.0 cm³/mol. The van der Waals surface area contributed by atoms with Crippen molar-refractivity contribution in [3.8, 4) is 5.82 Å². The molecule has 0 bridgehead atoms. The van der Waals surface area contributed by atoms with E-state index in [1.54, 1.807) is 47.4 Å². The summed E-state index contributed by atoms with van der Waals surface area (Å²) >= 11 is 0. The van der Waals surface area contributed by atoms with Gasteiger partial charge in [0.15, 0.2) is 0 Å². The van der Waals surface area contributed by atoms with Crippen molar-refractivity contribution in [1.29, 1.82) is 0 Å². The van der Waals surface area contributed by atoms with Gasteiger partial charge in [0.2, 0.25) is 0 Å². The van der Waals surface area contributed by atoms with Crippen molar-refractivity contribution >= 4 is 5.91 Å². The Kier molecular flexibility index (Phi) is 3.18. The van der Waals surface area contributed by atoms with Crippen molar-refractivity contribution in [1.82, 2.24) is 19.4 Å². The minimum absolute atomic E-state index is 0.0165. The summed E-state index contributed by atoms with van der Waals surface area (Å²) in [5, 5.41) is 0. The molecule has 0 aliphatic heterocycles. The number of hydrogen-bond donors (Lipinski definition) is 0. The third-order valence-electron chi connectivity index (χ3n) is 2.58. The zero-order chi connectivity index (χ0) is 12.3. The molecular weight excluding hydrogens is 216 g/mol. The molecular formula is C12H14N4O. The molecule has 0 unspecified atom stereocenters. The van der Waals surface area contributed by atoms with Crippen LogP contribution in [-0.2, 0) is 0 Å². The number of pyridine rings is 1. The number of amides is 1. The zero-order valence-corrected chi connectivity index (χ0v) is 9.87. The van der Waals surface area contributed by atoms with Crippen molar-refractivity contribution in [3.05, 3.63) is 42.6 Å². The number of carbonyl (C=O) groups excluding carboxylic acids is 1. The molecule has 0 saturated carbocycles. The van der Waals surface area contributed by atoms with Crippen molar-refractivity contribution < 1.29 is 4.79 Å². The van der Waals surface area contributed by atoms with Crippen molar-refractivity contribution in [2.24, 2.45) is 0 Å². The Labute approximate surface area is 99.7 Å². The highest BCUT2D eigenvalue weighted by atomic mass is 16.2. The second kappa shape index (κ2) is 4.78. The first-order valence-electron chi connectivity index (χ1n) is 5.42. The van der Waals surface area contributed by atoms with Crippen molar-refractivity contribution in [3.63, 3.8) is 0 Å². The monoisotopic (exact) mass is 230 g/mol. The molecule has 0 aromatic carbocycles. The number of hydrogen-bond acceptors (Lipinski definition) is 3. The number of rotatable bonds is 3. The fourth-order valence-electron chi connectivity index (χ4n) is 1.42. The van der Waals surface area contributed by atoms with Crippen LogP contribution in [0.5, 0.6) is 0 Å². The second-order valence-corrected chi connectivity index (χ2v) is 3.69. The molecule has 0 spiro atoms. The molecule has 1 amide bonds. The van der Waals surface area contributed by atoms with Crippen LogP contribution in [0, 0.1) is 0 Å². The van der Waals surface area contributed by atoms with E-state index in [1.165, 1.54) is 0 Å². The van der Waals surface area contributed by atoms with Crippen molar-refractivity contribution in [2.45, 2.75) is 6.92 Å².